The van der Waals surface area contributed by atoms with Crippen LogP contribution in [0.3, 0.4) is 0 Å². The number of halogens is 1. The molecule has 0 atom stereocenters. The first-order valence-corrected chi connectivity index (χ1v) is 11.4. The lowest BCUT2D eigenvalue weighted by Crippen LogP contribution is -2.20. The number of nitrogens with one attached hydrogen (secondary N) is 2. The number of hydrogen-bond acceptors (Lipinski definition) is 4. The third kappa shape index (κ3) is 5.99. The third-order valence-electron chi connectivity index (χ3n) is 4.70. The summed E-state index contributed by atoms with van der Waals surface area (Å²) in [4.78, 5) is 12.2. The maximum Gasteiger partial charge on any atom is 0.262 e. The van der Waals surface area contributed by atoms with Gasteiger partial charge < -0.3 is 10.1 Å². The number of benzene rings is 3. The van der Waals surface area contributed by atoms with Gasteiger partial charge in [-0.15, -0.1) is 0 Å². The van der Waals surface area contributed by atoms with Crippen molar-refractivity contribution < 1.29 is 17.9 Å². The molecule has 0 aliphatic rings. The van der Waals surface area contributed by atoms with Gasteiger partial charge in [0.05, 0.1) is 4.90 Å². The van der Waals surface area contributed by atoms with Gasteiger partial charge in [-0.2, -0.15) is 0 Å². The van der Waals surface area contributed by atoms with Crippen LogP contribution in [-0.4, -0.2) is 20.9 Å². The van der Waals surface area contributed by atoms with Crippen molar-refractivity contribution in [2.45, 2.75) is 25.7 Å². The maximum atomic E-state index is 12.7. The molecule has 6 nitrogen and oxygen atoms in total. The van der Waals surface area contributed by atoms with E-state index in [1.54, 1.807) is 49.4 Å². The minimum atomic E-state index is -3.75. The number of amides is 1. The molecule has 0 aliphatic heterocycles. The number of hydrogen-bond donors (Lipinski definition) is 2. The summed E-state index contributed by atoms with van der Waals surface area (Å²) in [5.41, 5.74) is 3.79. The molecule has 0 unspecified atom stereocenters. The van der Waals surface area contributed by atoms with Crippen LogP contribution >= 0.6 is 11.6 Å². The van der Waals surface area contributed by atoms with Crippen LogP contribution in [0.4, 0.5) is 11.4 Å². The van der Waals surface area contributed by atoms with Gasteiger partial charge in [-0.1, -0.05) is 17.7 Å². The molecule has 162 valence electrons. The van der Waals surface area contributed by atoms with Crippen molar-refractivity contribution in [1.29, 1.82) is 0 Å². The van der Waals surface area contributed by atoms with E-state index in [0.29, 0.717) is 27.7 Å². The van der Waals surface area contributed by atoms with Crippen LogP contribution in [0.2, 0.25) is 5.02 Å². The standard InChI is InChI=1S/C23H23ClN2O4S/c1-15-4-7-20(12-16(15)2)26-31(28,29)21-10-11-22(17(3)13-21)30-14-23(27)25-19-8-5-18(24)6-9-19/h4-13,26H,14H2,1-3H3,(H,25,27). The van der Waals surface area contributed by atoms with Gasteiger partial charge in [0, 0.05) is 16.4 Å². The minimum absolute atomic E-state index is 0.112. The molecule has 0 aromatic heterocycles. The van der Waals surface area contributed by atoms with Crippen LogP contribution in [0.1, 0.15) is 16.7 Å². The Hall–Kier alpha value is -3.03. The van der Waals surface area contributed by atoms with Gasteiger partial charge in [-0.3, -0.25) is 9.52 Å². The molecule has 3 rings (SSSR count). The molecule has 8 heteroatoms. The van der Waals surface area contributed by atoms with Crippen LogP contribution in [0, 0.1) is 20.8 Å². The van der Waals surface area contributed by atoms with E-state index in [1.807, 2.05) is 19.9 Å². The maximum absolute atomic E-state index is 12.7. The zero-order chi connectivity index (χ0) is 22.6. The SMILES string of the molecule is Cc1ccc(NS(=O)(=O)c2ccc(OCC(=O)Nc3ccc(Cl)cc3)c(C)c2)cc1C. The lowest BCUT2D eigenvalue weighted by Gasteiger charge is -2.13. The number of ether oxygens (including phenoxy) is 1. The molecular weight excluding hydrogens is 436 g/mol. The Morgan fingerprint density at radius 2 is 1.55 bits per heavy atom. The van der Waals surface area contributed by atoms with Crippen molar-refractivity contribution in [1.82, 2.24) is 0 Å². The number of anilines is 2. The van der Waals surface area contributed by atoms with Gasteiger partial charge in [-0.25, -0.2) is 8.42 Å². The van der Waals surface area contributed by atoms with E-state index in [9.17, 15) is 13.2 Å². The summed E-state index contributed by atoms with van der Waals surface area (Å²) in [6.45, 7) is 5.40. The van der Waals surface area contributed by atoms with E-state index in [2.05, 4.69) is 10.0 Å². The molecule has 0 spiro atoms. The lowest BCUT2D eigenvalue weighted by atomic mass is 10.1. The van der Waals surface area contributed by atoms with Crippen LogP contribution in [0.15, 0.2) is 65.6 Å². The predicted molar refractivity (Wildman–Crippen MR) is 123 cm³/mol. The van der Waals surface area contributed by atoms with E-state index in [1.165, 1.54) is 12.1 Å². The average molecular weight is 459 g/mol. The summed E-state index contributed by atoms with van der Waals surface area (Å²) < 4.78 is 33.6. The highest BCUT2D eigenvalue weighted by atomic mass is 35.5. The minimum Gasteiger partial charge on any atom is -0.483 e. The molecule has 2 N–H and O–H groups in total. The highest BCUT2D eigenvalue weighted by Crippen LogP contribution is 2.24. The smallest absolute Gasteiger partial charge is 0.262 e. The van der Waals surface area contributed by atoms with Crippen molar-refractivity contribution >= 4 is 38.9 Å². The molecular formula is C23H23ClN2O4S. The molecule has 0 saturated carbocycles. The molecule has 1 amide bonds. The van der Waals surface area contributed by atoms with Crippen LogP contribution in [-0.2, 0) is 14.8 Å². The lowest BCUT2D eigenvalue weighted by molar-refractivity contribution is -0.118. The highest BCUT2D eigenvalue weighted by Gasteiger charge is 2.16. The Kier molecular flexibility index (Phi) is 6.87. The van der Waals surface area contributed by atoms with Gasteiger partial charge in [0.1, 0.15) is 5.75 Å². The number of carbonyl (C=O) groups is 1. The molecule has 0 aliphatic carbocycles. The molecule has 0 fully saturated rings. The van der Waals surface area contributed by atoms with Gasteiger partial charge >= 0.3 is 0 Å². The summed E-state index contributed by atoms with van der Waals surface area (Å²) in [6.07, 6.45) is 0. The average Bonchev–Trinajstić information content (AvgIpc) is 2.71. The van der Waals surface area contributed by atoms with Crippen molar-refractivity contribution in [3.05, 3.63) is 82.4 Å². The van der Waals surface area contributed by atoms with Crippen molar-refractivity contribution in [2.75, 3.05) is 16.6 Å². The number of carbonyl (C=O) groups excluding carboxylic acids is 1. The second kappa shape index (κ2) is 9.41. The molecule has 0 bridgehead atoms. The molecule has 0 radical (unpaired) electrons. The quantitative estimate of drug-likeness (QED) is 0.516. The first kappa shape index (κ1) is 22.7. The Labute approximate surface area is 187 Å². The molecule has 3 aromatic carbocycles. The number of sulfonamides is 1. The topological polar surface area (TPSA) is 84.5 Å². The predicted octanol–water partition coefficient (Wildman–Crippen LogP) is 5.08. The second-order valence-electron chi connectivity index (χ2n) is 7.18. The summed E-state index contributed by atoms with van der Waals surface area (Å²) in [6, 6.07) is 16.6. The second-order valence-corrected chi connectivity index (χ2v) is 9.29. The first-order valence-electron chi connectivity index (χ1n) is 9.53. The highest BCUT2D eigenvalue weighted by molar-refractivity contribution is 7.92. The summed E-state index contributed by atoms with van der Waals surface area (Å²) in [5, 5.41) is 3.28. The molecule has 3 aromatic rings. The van der Waals surface area contributed by atoms with E-state index < -0.39 is 10.0 Å². The van der Waals surface area contributed by atoms with Crippen LogP contribution in [0.5, 0.6) is 5.75 Å². The zero-order valence-electron chi connectivity index (χ0n) is 17.4. The van der Waals surface area contributed by atoms with Crippen molar-refractivity contribution in [3.63, 3.8) is 0 Å². The fourth-order valence-electron chi connectivity index (χ4n) is 2.84. The Morgan fingerprint density at radius 1 is 0.871 bits per heavy atom. The largest absolute Gasteiger partial charge is 0.483 e. The normalized spacial score (nSPS) is 11.1. The number of rotatable bonds is 7. The van der Waals surface area contributed by atoms with Gasteiger partial charge in [-0.05, 0) is 92.1 Å². The van der Waals surface area contributed by atoms with Gasteiger partial charge in [0.2, 0.25) is 0 Å². The monoisotopic (exact) mass is 458 g/mol. The fourth-order valence-corrected chi connectivity index (χ4v) is 4.10. The first-order chi connectivity index (χ1) is 14.6. The summed E-state index contributed by atoms with van der Waals surface area (Å²) in [5.74, 6) is 0.0891. The zero-order valence-corrected chi connectivity index (χ0v) is 19.0. The van der Waals surface area contributed by atoms with E-state index in [4.69, 9.17) is 16.3 Å². The van der Waals surface area contributed by atoms with Crippen LogP contribution in [0.25, 0.3) is 0 Å². The summed E-state index contributed by atoms with van der Waals surface area (Å²) >= 11 is 5.83. The van der Waals surface area contributed by atoms with Crippen LogP contribution < -0.4 is 14.8 Å². The molecule has 31 heavy (non-hydrogen) atoms. The Morgan fingerprint density at radius 3 is 2.19 bits per heavy atom. The summed E-state index contributed by atoms with van der Waals surface area (Å²) in [7, 11) is -3.75. The Bertz CT molecular complexity index is 1210. The Balaban J connectivity index is 1.65. The fraction of sp³-hybridized carbons (Fsp3) is 0.174. The van der Waals surface area contributed by atoms with Crippen molar-refractivity contribution in [2.24, 2.45) is 0 Å². The van der Waals surface area contributed by atoms with E-state index >= 15 is 0 Å². The third-order valence-corrected chi connectivity index (χ3v) is 6.33. The molecule has 0 heterocycles. The van der Waals surface area contributed by atoms with Gasteiger partial charge in [0.15, 0.2) is 6.61 Å². The molecule has 0 saturated heterocycles. The van der Waals surface area contributed by atoms with E-state index in [-0.39, 0.29) is 17.4 Å². The van der Waals surface area contributed by atoms with E-state index in [0.717, 1.165) is 11.1 Å². The number of aryl methyl sites for hydroxylation is 3. The van der Waals surface area contributed by atoms with Gasteiger partial charge in [0.25, 0.3) is 15.9 Å². The van der Waals surface area contributed by atoms with Crippen molar-refractivity contribution in [3.8, 4) is 5.75 Å².